The first-order valence-corrected chi connectivity index (χ1v) is 8.82. The molecule has 29 heavy (non-hydrogen) atoms. The quantitative estimate of drug-likeness (QED) is 0.332. The number of rotatable bonds is 6. The number of nitrogens with zero attached hydrogens (tertiary/aromatic N) is 1. The lowest BCUT2D eigenvalue weighted by Gasteiger charge is -2.19. The van der Waals surface area contributed by atoms with Crippen molar-refractivity contribution in [3.63, 3.8) is 0 Å². The van der Waals surface area contributed by atoms with Crippen LogP contribution in [-0.2, 0) is 11.2 Å². The van der Waals surface area contributed by atoms with E-state index in [0.29, 0.717) is 13.0 Å². The van der Waals surface area contributed by atoms with Crippen LogP contribution in [0.4, 0.5) is 15.3 Å². The summed E-state index contributed by atoms with van der Waals surface area (Å²) in [5, 5.41) is 13.3. The summed E-state index contributed by atoms with van der Waals surface area (Å²) < 4.78 is 15.2. The fourth-order valence-electron chi connectivity index (χ4n) is 2.20. The number of ether oxygens (including phenoxy) is 3. The van der Waals surface area contributed by atoms with Crippen molar-refractivity contribution in [2.45, 2.75) is 32.8 Å². The van der Waals surface area contributed by atoms with Crippen LogP contribution in [0.2, 0.25) is 0 Å². The monoisotopic (exact) mass is 402 g/mol. The lowest BCUT2D eigenvalue weighted by atomic mass is 10.1. The molecule has 0 aliphatic heterocycles. The SMILES string of the molecule is CC(C)(C)OC(=O)NCCc1ccc(OC(=O)Oc2ccc([N+](=O)[O-])cc2)cc1. The number of carbonyl (C=O) groups excluding carboxylic acids is 2. The molecule has 0 aliphatic rings. The minimum Gasteiger partial charge on any atom is -0.444 e. The Kier molecular flexibility index (Phi) is 7.13. The molecule has 0 spiro atoms. The van der Waals surface area contributed by atoms with Gasteiger partial charge in [-0.25, -0.2) is 9.59 Å². The maximum atomic E-state index is 11.8. The van der Waals surface area contributed by atoms with Crippen LogP contribution in [0.1, 0.15) is 26.3 Å². The third kappa shape index (κ3) is 7.87. The van der Waals surface area contributed by atoms with Gasteiger partial charge < -0.3 is 19.5 Å². The Morgan fingerprint density at radius 3 is 1.97 bits per heavy atom. The zero-order valence-corrected chi connectivity index (χ0v) is 16.3. The van der Waals surface area contributed by atoms with E-state index in [4.69, 9.17) is 14.2 Å². The molecule has 0 fully saturated rings. The average Bonchev–Trinajstić information content (AvgIpc) is 2.62. The van der Waals surface area contributed by atoms with Crippen molar-refractivity contribution >= 4 is 17.9 Å². The molecule has 0 heterocycles. The molecule has 0 radical (unpaired) electrons. The smallest absolute Gasteiger partial charge is 0.444 e. The second-order valence-corrected chi connectivity index (χ2v) is 7.03. The van der Waals surface area contributed by atoms with Crippen molar-refractivity contribution in [2.24, 2.45) is 0 Å². The summed E-state index contributed by atoms with van der Waals surface area (Å²) in [4.78, 5) is 33.4. The van der Waals surface area contributed by atoms with E-state index >= 15 is 0 Å². The van der Waals surface area contributed by atoms with Gasteiger partial charge >= 0.3 is 12.2 Å². The first-order valence-electron chi connectivity index (χ1n) is 8.82. The second-order valence-electron chi connectivity index (χ2n) is 7.03. The second kappa shape index (κ2) is 9.54. The summed E-state index contributed by atoms with van der Waals surface area (Å²) in [5.74, 6) is 0.409. The number of alkyl carbamates (subject to hydrolysis) is 1. The van der Waals surface area contributed by atoms with E-state index < -0.39 is 22.8 Å². The highest BCUT2D eigenvalue weighted by atomic mass is 16.7. The number of nitro benzene ring substituents is 1. The fourth-order valence-corrected chi connectivity index (χ4v) is 2.20. The highest BCUT2D eigenvalue weighted by molar-refractivity contribution is 5.68. The number of benzene rings is 2. The highest BCUT2D eigenvalue weighted by Crippen LogP contribution is 2.19. The fraction of sp³-hybridized carbons (Fsp3) is 0.300. The van der Waals surface area contributed by atoms with Gasteiger partial charge in [-0.1, -0.05) is 12.1 Å². The van der Waals surface area contributed by atoms with Crippen LogP contribution in [0.25, 0.3) is 0 Å². The first-order chi connectivity index (χ1) is 13.6. The molecule has 0 saturated heterocycles. The van der Waals surface area contributed by atoms with Crippen molar-refractivity contribution < 1.29 is 28.7 Å². The molecule has 2 aromatic rings. The van der Waals surface area contributed by atoms with Crippen LogP contribution in [-0.4, -0.2) is 29.3 Å². The maximum Gasteiger partial charge on any atom is 0.519 e. The van der Waals surface area contributed by atoms with Crippen molar-refractivity contribution in [3.8, 4) is 11.5 Å². The van der Waals surface area contributed by atoms with Crippen LogP contribution in [0.3, 0.4) is 0 Å². The topological polar surface area (TPSA) is 117 Å². The van der Waals surface area contributed by atoms with Crippen molar-refractivity contribution in [2.75, 3.05) is 6.54 Å². The van der Waals surface area contributed by atoms with Crippen LogP contribution < -0.4 is 14.8 Å². The molecule has 1 N–H and O–H groups in total. The molecule has 0 unspecified atom stereocenters. The lowest BCUT2D eigenvalue weighted by Crippen LogP contribution is -2.33. The van der Waals surface area contributed by atoms with E-state index in [0.717, 1.165) is 5.56 Å². The van der Waals surface area contributed by atoms with E-state index in [2.05, 4.69) is 5.32 Å². The zero-order chi connectivity index (χ0) is 21.4. The predicted octanol–water partition coefficient (Wildman–Crippen LogP) is 4.24. The van der Waals surface area contributed by atoms with Gasteiger partial charge in [0.2, 0.25) is 0 Å². The predicted molar refractivity (Wildman–Crippen MR) is 104 cm³/mol. The van der Waals surface area contributed by atoms with Gasteiger partial charge in [0.1, 0.15) is 17.1 Å². The van der Waals surface area contributed by atoms with Crippen LogP contribution in [0, 0.1) is 10.1 Å². The minimum absolute atomic E-state index is 0.109. The van der Waals surface area contributed by atoms with Gasteiger partial charge in [-0.05, 0) is 57.0 Å². The van der Waals surface area contributed by atoms with Crippen LogP contribution in [0.15, 0.2) is 48.5 Å². The van der Waals surface area contributed by atoms with Gasteiger partial charge in [0.15, 0.2) is 0 Å². The van der Waals surface area contributed by atoms with Gasteiger partial charge in [-0.2, -0.15) is 0 Å². The molecular weight excluding hydrogens is 380 g/mol. The average molecular weight is 402 g/mol. The minimum atomic E-state index is -0.960. The number of hydrogen-bond donors (Lipinski definition) is 1. The Hall–Kier alpha value is -3.62. The van der Waals surface area contributed by atoms with Gasteiger partial charge in [0.25, 0.3) is 5.69 Å². The standard InChI is InChI=1S/C20H22N2O7/c1-20(2,3)29-18(23)21-13-12-14-4-8-16(9-5-14)27-19(24)28-17-10-6-15(7-11-17)22(25)26/h4-11H,12-13H2,1-3H3,(H,21,23). The molecule has 0 atom stereocenters. The van der Waals surface area contributed by atoms with Gasteiger partial charge in [-0.15, -0.1) is 0 Å². The lowest BCUT2D eigenvalue weighted by molar-refractivity contribution is -0.384. The van der Waals surface area contributed by atoms with Crippen molar-refractivity contribution in [1.82, 2.24) is 5.32 Å². The van der Waals surface area contributed by atoms with Crippen LogP contribution >= 0.6 is 0 Å². The number of nitro groups is 1. The third-order valence-corrected chi connectivity index (χ3v) is 3.46. The number of carbonyl (C=O) groups is 2. The van der Waals surface area contributed by atoms with Gasteiger partial charge in [-0.3, -0.25) is 10.1 Å². The van der Waals surface area contributed by atoms with Crippen molar-refractivity contribution in [1.29, 1.82) is 0 Å². The number of nitrogens with one attached hydrogen (secondary N) is 1. The largest absolute Gasteiger partial charge is 0.519 e. The first kappa shape index (κ1) is 21.7. The highest BCUT2D eigenvalue weighted by Gasteiger charge is 2.15. The summed E-state index contributed by atoms with van der Waals surface area (Å²) in [7, 11) is 0. The summed E-state index contributed by atoms with van der Waals surface area (Å²) in [6.07, 6.45) is -0.864. The number of non-ortho nitro benzene ring substituents is 1. The summed E-state index contributed by atoms with van der Waals surface area (Å²) >= 11 is 0. The molecule has 9 nitrogen and oxygen atoms in total. The molecule has 9 heteroatoms. The van der Waals surface area contributed by atoms with E-state index in [9.17, 15) is 19.7 Å². The van der Waals surface area contributed by atoms with E-state index in [1.807, 2.05) is 0 Å². The summed E-state index contributed by atoms with van der Waals surface area (Å²) in [6.45, 7) is 5.77. The van der Waals surface area contributed by atoms with Gasteiger partial charge in [0, 0.05) is 18.7 Å². The number of hydrogen-bond acceptors (Lipinski definition) is 7. The van der Waals surface area contributed by atoms with E-state index in [-0.39, 0.29) is 17.2 Å². The molecule has 154 valence electrons. The normalized spacial score (nSPS) is 10.7. The Bertz CT molecular complexity index is 856. The molecular formula is C20H22N2O7. The Labute approximate surface area is 167 Å². The van der Waals surface area contributed by atoms with Gasteiger partial charge in [0.05, 0.1) is 4.92 Å². The molecule has 2 rings (SSSR count). The Balaban J connectivity index is 1.78. The molecule has 0 aliphatic carbocycles. The molecule has 0 saturated carbocycles. The maximum absolute atomic E-state index is 11.8. The molecule has 0 aromatic heterocycles. The summed E-state index contributed by atoms with van der Waals surface area (Å²) in [5.41, 5.74) is 0.270. The number of amides is 1. The Morgan fingerprint density at radius 2 is 1.48 bits per heavy atom. The molecule has 0 bridgehead atoms. The van der Waals surface area contributed by atoms with E-state index in [1.54, 1.807) is 45.0 Å². The summed E-state index contributed by atoms with van der Waals surface area (Å²) in [6, 6.07) is 11.8. The third-order valence-electron chi connectivity index (χ3n) is 3.46. The molecule has 1 amide bonds. The zero-order valence-electron chi connectivity index (χ0n) is 16.3. The Morgan fingerprint density at radius 1 is 0.966 bits per heavy atom. The van der Waals surface area contributed by atoms with E-state index in [1.165, 1.54) is 24.3 Å². The molecule has 2 aromatic carbocycles. The van der Waals surface area contributed by atoms with Crippen molar-refractivity contribution in [3.05, 3.63) is 64.2 Å². The van der Waals surface area contributed by atoms with Crippen LogP contribution in [0.5, 0.6) is 11.5 Å².